The SMILES string of the molecule is C=C(C)/C(=C(/O)N(C(=C)COC(C)C)[C@@H](COC)c1ccccc1)S(=O)(=O)c1ccc(-c2ccncc2C)cc1. The van der Waals surface area contributed by atoms with E-state index in [9.17, 15) is 13.5 Å². The Morgan fingerprint density at radius 1 is 1.05 bits per heavy atom. The number of aliphatic hydroxyl groups is 1. The van der Waals surface area contributed by atoms with Gasteiger partial charge in [0.15, 0.2) is 0 Å². The van der Waals surface area contributed by atoms with E-state index in [1.54, 1.807) is 38.6 Å². The summed E-state index contributed by atoms with van der Waals surface area (Å²) in [6.45, 7) is 15.6. The van der Waals surface area contributed by atoms with Crippen LogP contribution in [0.3, 0.4) is 0 Å². The summed E-state index contributed by atoms with van der Waals surface area (Å²) in [7, 11) is -2.65. The number of aryl methyl sites for hydroxylation is 1. The number of sulfone groups is 1. The maximum Gasteiger partial charge on any atom is 0.212 e. The number of ether oxygens (including phenoxy) is 2. The van der Waals surface area contributed by atoms with Gasteiger partial charge in [0.2, 0.25) is 15.7 Å². The molecule has 3 aromatic rings. The first-order chi connectivity index (χ1) is 19.0. The zero-order valence-corrected chi connectivity index (χ0v) is 24.6. The number of pyridine rings is 1. The molecule has 1 N–H and O–H groups in total. The summed E-state index contributed by atoms with van der Waals surface area (Å²) >= 11 is 0. The van der Waals surface area contributed by atoms with Gasteiger partial charge < -0.3 is 19.5 Å². The first kappa shape index (κ1) is 30.8. The smallest absolute Gasteiger partial charge is 0.212 e. The first-order valence-corrected chi connectivity index (χ1v) is 14.4. The van der Waals surface area contributed by atoms with E-state index >= 15 is 0 Å². The molecule has 40 heavy (non-hydrogen) atoms. The van der Waals surface area contributed by atoms with Gasteiger partial charge in [0, 0.05) is 25.2 Å². The highest BCUT2D eigenvalue weighted by atomic mass is 32.2. The van der Waals surface area contributed by atoms with Gasteiger partial charge in [0.1, 0.15) is 4.91 Å². The molecule has 2 aromatic carbocycles. The zero-order chi connectivity index (χ0) is 29.4. The van der Waals surface area contributed by atoms with Crippen LogP contribution in [0, 0.1) is 6.92 Å². The van der Waals surface area contributed by atoms with Gasteiger partial charge in [-0.15, -0.1) is 0 Å². The molecule has 1 heterocycles. The lowest BCUT2D eigenvalue weighted by atomic mass is 10.0. The number of hydrogen-bond donors (Lipinski definition) is 1. The third-order valence-corrected chi connectivity index (χ3v) is 8.29. The van der Waals surface area contributed by atoms with Crippen LogP contribution in [0.1, 0.15) is 37.9 Å². The molecular formula is C32H38N2O5S. The standard InChI is InChI=1S/C32H38N2O5S/c1-22(2)31(40(36,37)28-15-13-26(14-16-28)29-17-18-33-19-24(29)5)32(35)34(25(6)20-39-23(3)4)30(21-38-7)27-11-9-8-10-12-27/h8-19,23,30,35H,1,6,20-21H2,2-5,7H3/b32-31-/t30-/m0/s1. The summed E-state index contributed by atoms with van der Waals surface area (Å²) in [4.78, 5) is 5.32. The van der Waals surface area contributed by atoms with Crippen LogP contribution in [0.4, 0.5) is 0 Å². The van der Waals surface area contributed by atoms with Crippen molar-refractivity contribution in [2.24, 2.45) is 0 Å². The third-order valence-electron chi connectivity index (χ3n) is 6.33. The van der Waals surface area contributed by atoms with E-state index in [1.165, 1.54) is 17.0 Å². The lowest BCUT2D eigenvalue weighted by Crippen LogP contribution is -2.34. The largest absolute Gasteiger partial charge is 0.493 e. The zero-order valence-electron chi connectivity index (χ0n) is 23.8. The van der Waals surface area contributed by atoms with Crippen molar-refractivity contribution in [1.29, 1.82) is 0 Å². The Bertz CT molecular complexity index is 1460. The molecule has 0 saturated heterocycles. The lowest BCUT2D eigenvalue weighted by Gasteiger charge is -2.35. The van der Waals surface area contributed by atoms with Gasteiger partial charge in [-0.2, -0.15) is 0 Å². The second-order valence-corrected chi connectivity index (χ2v) is 11.7. The van der Waals surface area contributed by atoms with E-state index in [-0.39, 0.29) is 34.7 Å². The highest BCUT2D eigenvalue weighted by Gasteiger charge is 2.33. The Kier molecular flexibility index (Phi) is 10.5. The maximum atomic E-state index is 14.0. The molecule has 212 valence electrons. The molecule has 3 rings (SSSR count). The van der Waals surface area contributed by atoms with Crippen LogP contribution in [-0.2, 0) is 19.3 Å². The fourth-order valence-electron chi connectivity index (χ4n) is 4.38. The Morgan fingerprint density at radius 3 is 2.25 bits per heavy atom. The van der Waals surface area contributed by atoms with Crippen molar-refractivity contribution in [2.45, 2.75) is 44.7 Å². The Hall–Kier alpha value is -3.72. The van der Waals surface area contributed by atoms with E-state index in [2.05, 4.69) is 18.1 Å². The fraction of sp³-hybridized carbons (Fsp3) is 0.281. The van der Waals surface area contributed by atoms with Crippen LogP contribution in [0.25, 0.3) is 11.1 Å². The van der Waals surface area contributed by atoms with Gasteiger partial charge in [-0.05, 0) is 73.7 Å². The van der Waals surface area contributed by atoms with Crippen molar-refractivity contribution in [1.82, 2.24) is 9.88 Å². The second kappa shape index (κ2) is 13.6. The quantitative estimate of drug-likeness (QED) is 0.182. The van der Waals surface area contributed by atoms with Crippen LogP contribution < -0.4 is 0 Å². The summed E-state index contributed by atoms with van der Waals surface area (Å²) in [6.07, 6.45) is 3.35. The molecular weight excluding hydrogens is 524 g/mol. The summed E-state index contributed by atoms with van der Waals surface area (Å²) in [5.41, 5.74) is 4.13. The number of nitrogens with zero attached hydrogens (tertiary/aromatic N) is 2. The van der Waals surface area contributed by atoms with Gasteiger partial charge in [0.25, 0.3) is 0 Å². The predicted octanol–water partition coefficient (Wildman–Crippen LogP) is 6.76. The van der Waals surface area contributed by atoms with E-state index in [0.717, 1.165) is 22.3 Å². The molecule has 0 saturated carbocycles. The molecule has 0 radical (unpaired) electrons. The van der Waals surface area contributed by atoms with Crippen molar-refractivity contribution in [3.8, 4) is 11.1 Å². The van der Waals surface area contributed by atoms with E-state index < -0.39 is 21.8 Å². The monoisotopic (exact) mass is 562 g/mol. The highest BCUT2D eigenvalue weighted by molar-refractivity contribution is 7.95. The van der Waals surface area contributed by atoms with E-state index in [0.29, 0.717) is 5.70 Å². The molecule has 0 spiro atoms. The highest BCUT2D eigenvalue weighted by Crippen LogP contribution is 2.35. The third kappa shape index (κ3) is 7.07. The number of hydrogen-bond acceptors (Lipinski definition) is 7. The number of benzene rings is 2. The van der Waals surface area contributed by atoms with Crippen LogP contribution in [0.15, 0.2) is 113 Å². The molecule has 1 atom stereocenters. The number of allylic oxidation sites excluding steroid dienone is 1. The molecule has 8 heteroatoms. The van der Waals surface area contributed by atoms with Gasteiger partial charge in [-0.3, -0.25) is 4.98 Å². The van der Waals surface area contributed by atoms with Crippen LogP contribution in [-0.4, -0.2) is 49.8 Å². The van der Waals surface area contributed by atoms with Crippen molar-refractivity contribution >= 4 is 9.84 Å². The van der Waals surface area contributed by atoms with Gasteiger partial charge in [0.05, 0.1) is 30.3 Å². The first-order valence-electron chi connectivity index (χ1n) is 13.0. The normalized spacial score (nSPS) is 13.1. The van der Waals surface area contributed by atoms with Crippen molar-refractivity contribution < 1.29 is 23.0 Å². The molecule has 0 fully saturated rings. The van der Waals surface area contributed by atoms with Gasteiger partial charge in [-0.1, -0.05) is 55.6 Å². The second-order valence-electron chi connectivity index (χ2n) is 9.83. The van der Waals surface area contributed by atoms with Crippen molar-refractivity contribution in [3.05, 3.63) is 119 Å². The number of aliphatic hydroxyl groups excluding tert-OH is 1. The van der Waals surface area contributed by atoms with E-state index in [1.807, 2.05) is 57.2 Å². The number of aromatic nitrogens is 1. The minimum Gasteiger partial charge on any atom is -0.493 e. The molecule has 1 aromatic heterocycles. The topological polar surface area (TPSA) is 89.0 Å². The van der Waals surface area contributed by atoms with Crippen LogP contribution >= 0.6 is 0 Å². The number of methoxy groups -OCH3 is 1. The average molecular weight is 563 g/mol. The predicted molar refractivity (Wildman–Crippen MR) is 159 cm³/mol. The Labute approximate surface area is 238 Å². The molecule has 7 nitrogen and oxygen atoms in total. The summed E-state index contributed by atoms with van der Waals surface area (Å²) in [5.74, 6) is -0.496. The molecule has 0 bridgehead atoms. The van der Waals surface area contributed by atoms with E-state index in [4.69, 9.17) is 9.47 Å². The van der Waals surface area contributed by atoms with Crippen molar-refractivity contribution in [3.63, 3.8) is 0 Å². The minimum atomic E-state index is -4.20. The molecule has 0 aliphatic carbocycles. The summed E-state index contributed by atoms with van der Waals surface area (Å²) in [5, 5.41) is 11.8. The Balaban J connectivity index is 2.16. The maximum absolute atomic E-state index is 14.0. The van der Waals surface area contributed by atoms with Gasteiger partial charge in [-0.25, -0.2) is 8.42 Å². The van der Waals surface area contributed by atoms with Crippen molar-refractivity contribution in [2.75, 3.05) is 20.3 Å². The fourth-order valence-corrected chi connectivity index (χ4v) is 5.91. The summed E-state index contributed by atoms with van der Waals surface area (Å²) < 4.78 is 39.4. The van der Waals surface area contributed by atoms with Crippen LogP contribution in [0.5, 0.6) is 0 Å². The average Bonchev–Trinajstić information content (AvgIpc) is 2.92. The lowest BCUT2D eigenvalue weighted by molar-refractivity contribution is 0.0544. The Morgan fingerprint density at radius 2 is 1.70 bits per heavy atom. The minimum absolute atomic E-state index is 0.0273. The molecule has 0 aliphatic rings. The summed E-state index contributed by atoms with van der Waals surface area (Å²) in [6, 6.07) is 17.2. The molecule has 0 unspecified atom stereocenters. The number of rotatable bonds is 13. The molecule has 0 aliphatic heterocycles. The van der Waals surface area contributed by atoms with Gasteiger partial charge >= 0.3 is 0 Å². The van der Waals surface area contributed by atoms with Crippen LogP contribution in [0.2, 0.25) is 0 Å². The molecule has 0 amide bonds.